The third kappa shape index (κ3) is 4.70. The molecule has 0 bridgehead atoms. The number of halogens is 1. The summed E-state index contributed by atoms with van der Waals surface area (Å²) < 4.78 is 34.0. The van der Waals surface area contributed by atoms with Crippen LogP contribution in [0.15, 0.2) is 26.9 Å². The molecule has 0 saturated carbocycles. The monoisotopic (exact) mass is 543 g/mol. The topological polar surface area (TPSA) is 92.5 Å². The molecular weight excluding hydrogens is 521 g/mol. The van der Waals surface area contributed by atoms with E-state index < -0.39 is 25.8 Å². The predicted molar refractivity (Wildman–Crippen MR) is 127 cm³/mol. The van der Waals surface area contributed by atoms with Crippen LogP contribution in [0.2, 0.25) is 5.02 Å². The molecule has 2 heterocycles. The number of sulfonamides is 1. The molecule has 1 atom stereocenters. The van der Waals surface area contributed by atoms with E-state index in [2.05, 4.69) is 15.9 Å². The van der Waals surface area contributed by atoms with Gasteiger partial charge >= 0.3 is 198 Å². The summed E-state index contributed by atoms with van der Waals surface area (Å²) in [4.78, 5) is 15.4. The number of nitrogens with zero attached hydrogens (tertiary/aromatic N) is 2. The minimum atomic E-state index is -4.06. The Morgan fingerprint density at radius 1 is 1.23 bits per heavy atom. The SMILES string of the molecule is Cc1cc(C)c(N(C)C)c(C)c1[AsH]C(=O)c1sccc1S(=O)(=O)Nc1onc(C)c1Cl. The Labute approximate surface area is 197 Å². The number of nitrogens with one attached hydrogen (secondary N) is 1. The Balaban J connectivity index is 1.95. The van der Waals surface area contributed by atoms with E-state index >= 15 is 0 Å². The Bertz CT molecular complexity index is 1270. The number of thiophene rings is 1. The van der Waals surface area contributed by atoms with E-state index in [1.807, 2.05) is 39.8 Å². The molecule has 1 aromatic carbocycles. The van der Waals surface area contributed by atoms with Crippen LogP contribution in [0.25, 0.3) is 0 Å². The Kier molecular flexibility index (Phi) is 6.91. The summed E-state index contributed by atoms with van der Waals surface area (Å²) in [5.74, 6) is -0.166. The van der Waals surface area contributed by atoms with Crippen LogP contribution >= 0.6 is 22.9 Å². The van der Waals surface area contributed by atoms with Gasteiger partial charge in [0.25, 0.3) is 0 Å². The van der Waals surface area contributed by atoms with E-state index in [0.29, 0.717) is 5.69 Å². The van der Waals surface area contributed by atoms with E-state index in [-0.39, 0.29) is 25.3 Å². The van der Waals surface area contributed by atoms with Crippen LogP contribution in [-0.2, 0) is 10.0 Å². The van der Waals surface area contributed by atoms with E-state index in [0.717, 1.165) is 38.1 Å². The van der Waals surface area contributed by atoms with Crippen LogP contribution in [0.4, 0.5) is 11.6 Å². The van der Waals surface area contributed by atoms with Gasteiger partial charge in [0.15, 0.2) is 0 Å². The van der Waals surface area contributed by atoms with Crippen molar-refractivity contribution in [2.75, 3.05) is 23.7 Å². The fraction of sp³-hybridized carbons (Fsp3) is 0.300. The third-order valence-electron chi connectivity index (χ3n) is 4.76. The fourth-order valence-corrected chi connectivity index (χ4v) is 8.97. The predicted octanol–water partition coefficient (Wildman–Crippen LogP) is 3.39. The molecule has 0 aliphatic carbocycles. The molecule has 1 unspecified atom stereocenters. The van der Waals surface area contributed by atoms with Gasteiger partial charge in [-0.25, -0.2) is 0 Å². The molecule has 3 rings (SSSR count). The van der Waals surface area contributed by atoms with Crippen molar-refractivity contribution < 1.29 is 17.7 Å². The van der Waals surface area contributed by atoms with Crippen LogP contribution in [0.3, 0.4) is 0 Å². The molecule has 0 saturated heterocycles. The van der Waals surface area contributed by atoms with Gasteiger partial charge in [-0.15, -0.1) is 0 Å². The van der Waals surface area contributed by atoms with E-state index in [1.165, 1.54) is 6.07 Å². The number of aromatic nitrogens is 1. The summed E-state index contributed by atoms with van der Waals surface area (Å²) in [5.41, 5.74) is 4.73. The van der Waals surface area contributed by atoms with Crippen LogP contribution in [0.1, 0.15) is 32.1 Å². The van der Waals surface area contributed by atoms with Crippen molar-refractivity contribution in [2.45, 2.75) is 32.6 Å². The average molecular weight is 544 g/mol. The first-order valence-corrected chi connectivity index (χ1v) is 14.1. The van der Waals surface area contributed by atoms with Gasteiger partial charge in [-0.2, -0.15) is 0 Å². The zero-order valence-electron chi connectivity index (χ0n) is 18.0. The normalized spacial score (nSPS) is 12.0. The van der Waals surface area contributed by atoms with Gasteiger partial charge in [0, 0.05) is 0 Å². The molecule has 31 heavy (non-hydrogen) atoms. The summed E-state index contributed by atoms with van der Waals surface area (Å²) in [5, 5.41) is 5.33. The summed E-state index contributed by atoms with van der Waals surface area (Å²) in [7, 11) is -0.114. The van der Waals surface area contributed by atoms with Crippen molar-refractivity contribution in [2.24, 2.45) is 0 Å². The number of benzene rings is 1. The first-order chi connectivity index (χ1) is 14.4. The summed E-state index contributed by atoms with van der Waals surface area (Å²) in [6.45, 7) is 7.66. The molecule has 7 nitrogen and oxygen atoms in total. The third-order valence-corrected chi connectivity index (χ3v) is 11.1. The van der Waals surface area contributed by atoms with Crippen LogP contribution in [0, 0.1) is 27.7 Å². The summed E-state index contributed by atoms with van der Waals surface area (Å²) >= 11 is 5.86. The Morgan fingerprint density at radius 3 is 2.48 bits per heavy atom. The number of anilines is 2. The maximum atomic E-state index is 13.2. The Hall–Kier alpha value is -1.80. The minimum absolute atomic E-state index is 0.0772. The van der Waals surface area contributed by atoms with Crippen molar-refractivity contribution in [1.29, 1.82) is 0 Å². The van der Waals surface area contributed by atoms with Gasteiger partial charge < -0.3 is 0 Å². The molecule has 0 amide bonds. The number of aryl methyl sites for hydroxylation is 3. The summed E-state index contributed by atoms with van der Waals surface area (Å²) in [6.07, 6.45) is 0. The second kappa shape index (κ2) is 8.98. The molecule has 11 heteroatoms. The fourth-order valence-electron chi connectivity index (χ4n) is 3.50. The van der Waals surface area contributed by atoms with Gasteiger partial charge in [0.05, 0.1) is 0 Å². The molecule has 0 aliphatic heterocycles. The number of hydrogen-bond donors (Lipinski definition) is 1. The number of hydrogen-bond acceptors (Lipinski definition) is 7. The zero-order valence-corrected chi connectivity index (χ0v) is 22.4. The van der Waals surface area contributed by atoms with E-state index in [9.17, 15) is 13.2 Å². The molecule has 1 N–H and O–H groups in total. The van der Waals surface area contributed by atoms with E-state index in [4.69, 9.17) is 16.1 Å². The van der Waals surface area contributed by atoms with Crippen LogP contribution in [-0.4, -0.2) is 48.0 Å². The quantitative estimate of drug-likeness (QED) is 0.459. The van der Waals surface area contributed by atoms with Gasteiger partial charge in [0.2, 0.25) is 0 Å². The molecule has 3 aromatic rings. The van der Waals surface area contributed by atoms with Crippen molar-refractivity contribution in [3.8, 4) is 0 Å². The standard InChI is InChI=1S/C20H23AsClN3O4S2/c1-10-9-11(2)17(25(5)6)12(3)15(10)21-19(26)18-14(7-8-30-18)31(27,28)24-20-16(22)13(4)23-29-20/h7-9,21,24H,1-6H3. The van der Waals surface area contributed by atoms with Crippen molar-refractivity contribution >= 4 is 69.2 Å². The number of rotatable bonds is 7. The second-order valence-electron chi connectivity index (χ2n) is 7.34. The molecular formula is C20H23AsClN3O4S2. The van der Waals surface area contributed by atoms with Crippen molar-refractivity contribution in [3.05, 3.63) is 49.8 Å². The molecule has 166 valence electrons. The Morgan fingerprint density at radius 2 is 1.90 bits per heavy atom. The number of carbonyl (C=O) groups excluding carboxylic acids is 1. The van der Waals surface area contributed by atoms with Crippen LogP contribution < -0.4 is 14.0 Å². The summed E-state index contributed by atoms with van der Waals surface area (Å²) in [6, 6.07) is 3.50. The zero-order chi connectivity index (χ0) is 23.1. The molecule has 0 fully saturated rings. The number of carbonyl (C=O) groups is 1. The second-order valence-corrected chi connectivity index (χ2v) is 12.8. The molecule has 0 radical (unpaired) electrons. The van der Waals surface area contributed by atoms with Crippen molar-refractivity contribution in [3.63, 3.8) is 0 Å². The first kappa shape index (κ1) is 23.9. The molecule has 2 aromatic heterocycles. The van der Waals surface area contributed by atoms with Crippen molar-refractivity contribution in [1.82, 2.24) is 5.16 Å². The van der Waals surface area contributed by atoms with E-state index in [1.54, 1.807) is 12.3 Å². The molecule has 0 spiro atoms. The molecule has 0 aliphatic rings. The van der Waals surface area contributed by atoms with Gasteiger partial charge in [-0.3, -0.25) is 0 Å². The average Bonchev–Trinajstić information content (AvgIpc) is 3.28. The van der Waals surface area contributed by atoms with Gasteiger partial charge in [-0.05, 0) is 0 Å². The first-order valence-electron chi connectivity index (χ1n) is 9.25. The van der Waals surface area contributed by atoms with Gasteiger partial charge in [-0.1, -0.05) is 0 Å². The maximum absolute atomic E-state index is 13.2. The van der Waals surface area contributed by atoms with Gasteiger partial charge in [0.1, 0.15) is 0 Å². The van der Waals surface area contributed by atoms with Crippen LogP contribution in [0.5, 0.6) is 0 Å².